The highest BCUT2D eigenvalue weighted by Crippen LogP contribution is 2.40. The quantitative estimate of drug-likeness (QED) is 0.147. The maximum atomic E-state index is 15.1. The summed E-state index contributed by atoms with van der Waals surface area (Å²) in [5, 5.41) is 0. The van der Waals surface area contributed by atoms with Crippen LogP contribution in [-0.4, -0.2) is 47.8 Å². The molecule has 5 aromatic rings. The van der Waals surface area contributed by atoms with Crippen LogP contribution in [0.4, 0.5) is 8.78 Å². The summed E-state index contributed by atoms with van der Waals surface area (Å²) in [6.07, 6.45) is 1.01. The summed E-state index contributed by atoms with van der Waals surface area (Å²) in [6.45, 7) is 4.21. The van der Waals surface area contributed by atoms with Crippen LogP contribution in [-0.2, 0) is 33.7 Å². The van der Waals surface area contributed by atoms with Crippen molar-refractivity contribution in [3.05, 3.63) is 113 Å². The molecule has 1 aliphatic heterocycles. The third-order valence-electron chi connectivity index (χ3n) is 7.45. The topological polar surface area (TPSA) is 68.7 Å². The van der Waals surface area contributed by atoms with E-state index in [1.807, 2.05) is 6.07 Å². The second-order valence-electron chi connectivity index (χ2n) is 10.8. The Labute approximate surface area is 257 Å². The van der Waals surface area contributed by atoms with Gasteiger partial charge < -0.3 is 9.47 Å². The van der Waals surface area contributed by atoms with Gasteiger partial charge in [-0.15, -0.1) is 11.3 Å². The number of nitrogens with zero attached hydrogens (tertiary/aromatic N) is 2. The van der Waals surface area contributed by atoms with Crippen LogP contribution in [0.5, 0.6) is 11.5 Å². The van der Waals surface area contributed by atoms with E-state index in [4.69, 9.17) is 9.47 Å². The monoisotopic (exact) mass is 612 g/mol. The molecule has 224 valence electrons. The number of morpholine rings is 1. The number of halogens is 2. The van der Waals surface area contributed by atoms with Gasteiger partial charge in [-0.25, -0.2) is 8.78 Å². The van der Waals surface area contributed by atoms with Crippen LogP contribution in [0.1, 0.15) is 23.1 Å². The summed E-state index contributed by atoms with van der Waals surface area (Å²) in [7, 11) is 0. The molecule has 0 saturated carbocycles. The highest BCUT2D eigenvalue weighted by Gasteiger charge is 2.17. The second kappa shape index (κ2) is 13.5. The summed E-state index contributed by atoms with van der Waals surface area (Å²) < 4.78 is 41.2. The number of carbonyl (C=O) groups is 2. The fraction of sp³-hybridized carbons (Fsp3) is 0.229. The first kappa shape index (κ1) is 29.7. The fourth-order valence-corrected chi connectivity index (χ4v) is 6.32. The second-order valence-corrected chi connectivity index (χ2v) is 11.8. The zero-order valence-electron chi connectivity index (χ0n) is 23.9. The molecule has 0 unspecified atom stereocenters. The Morgan fingerprint density at radius 2 is 1.66 bits per heavy atom. The fourth-order valence-electron chi connectivity index (χ4n) is 5.26. The Morgan fingerprint density at radius 1 is 0.841 bits per heavy atom. The van der Waals surface area contributed by atoms with Crippen molar-refractivity contribution in [1.29, 1.82) is 0 Å². The Morgan fingerprint density at radius 3 is 2.48 bits per heavy atom. The number of ketones is 2. The number of benzene rings is 3. The smallest absolute Gasteiger partial charge is 0.166 e. The lowest BCUT2D eigenvalue weighted by Crippen LogP contribution is -2.35. The number of ether oxygens (including phenoxy) is 2. The van der Waals surface area contributed by atoms with Gasteiger partial charge in [0.25, 0.3) is 0 Å². The molecule has 0 spiro atoms. The molecular formula is C35H30F2N2O4S. The van der Waals surface area contributed by atoms with Crippen molar-refractivity contribution in [2.45, 2.75) is 25.8 Å². The molecule has 0 N–H and O–H groups in total. The van der Waals surface area contributed by atoms with E-state index in [1.54, 1.807) is 30.5 Å². The zero-order valence-corrected chi connectivity index (χ0v) is 24.7. The SMILES string of the molecule is O=C(CC(=O)Cc1ccccc1F)Cc1ccc(Oc2ccnc3cc(-c4cccc(CN5CCOCC5)c4)sc23)c(F)c1. The van der Waals surface area contributed by atoms with E-state index in [-0.39, 0.29) is 42.1 Å². The first-order valence-electron chi connectivity index (χ1n) is 14.4. The van der Waals surface area contributed by atoms with Crippen molar-refractivity contribution in [3.63, 3.8) is 0 Å². The number of pyridine rings is 1. The molecule has 2 aromatic heterocycles. The molecule has 1 saturated heterocycles. The molecule has 0 radical (unpaired) electrons. The van der Waals surface area contributed by atoms with Crippen molar-refractivity contribution in [3.8, 4) is 21.9 Å². The summed E-state index contributed by atoms with van der Waals surface area (Å²) in [6, 6.07) is 22.5. The lowest BCUT2D eigenvalue weighted by atomic mass is 10.0. The number of rotatable bonds is 11. The minimum absolute atomic E-state index is 0.0202. The molecule has 3 heterocycles. The van der Waals surface area contributed by atoms with E-state index < -0.39 is 11.6 Å². The minimum atomic E-state index is -0.620. The van der Waals surface area contributed by atoms with Crippen LogP contribution in [0.25, 0.3) is 20.7 Å². The molecule has 6 rings (SSSR count). The number of fused-ring (bicyclic) bond motifs is 1. The van der Waals surface area contributed by atoms with Gasteiger partial charge in [0.2, 0.25) is 0 Å². The van der Waals surface area contributed by atoms with Gasteiger partial charge in [-0.2, -0.15) is 0 Å². The summed E-state index contributed by atoms with van der Waals surface area (Å²) in [4.78, 5) is 32.7. The Kier molecular flexibility index (Phi) is 9.16. The summed E-state index contributed by atoms with van der Waals surface area (Å²) >= 11 is 1.53. The van der Waals surface area contributed by atoms with Crippen LogP contribution in [0, 0.1) is 11.6 Å². The van der Waals surface area contributed by atoms with E-state index in [0.717, 1.165) is 53.5 Å². The Bertz CT molecular complexity index is 1820. The first-order valence-corrected chi connectivity index (χ1v) is 15.2. The third-order valence-corrected chi connectivity index (χ3v) is 8.64. The highest BCUT2D eigenvalue weighted by molar-refractivity contribution is 7.22. The number of hydrogen-bond donors (Lipinski definition) is 0. The number of carbonyl (C=O) groups excluding carboxylic acids is 2. The lowest BCUT2D eigenvalue weighted by Gasteiger charge is -2.26. The molecule has 3 aromatic carbocycles. The van der Waals surface area contributed by atoms with Gasteiger partial charge in [0, 0.05) is 49.6 Å². The number of hydrogen-bond acceptors (Lipinski definition) is 7. The molecule has 9 heteroatoms. The van der Waals surface area contributed by atoms with Crippen LogP contribution in [0.15, 0.2) is 85.1 Å². The van der Waals surface area contributed by atoms with Gasteiger partial charge in [0.1, 0.15) is 23.1 Å². The summed E-state index contributed by atoms with van der Waals surface area (Å²) in [5.74, 6) is -1.35. The molecule has 0 atom stereocenters. The zero-order chi connectivity index (χ0) is 30.5. The van der Waals surface area contributed by atoms with Crippen molar-refractivity contribution >= 4 is 33.1 Å². The van der Waals surface area contributed by atoms with Gasteiger partial charge >= 0.3 is 0 Å². The molecule has 6 nitrogen and oxygen atoms in total. The number of thiophene rings is 1. The van der Waals surface area contributed by atoms with Crippen LogP contribution in [0.2, 0.25) is 0 Å². The van der Waals surface area contributed by atoms with Crippen molar-refractivity contribution in [1.82, 2.24) is 9.88 Å². The normalized spacial score (nSPS) is 13.7. The van der Waals surface area contributed by atoms with E-state index in [1.165, 1.54) is 41.2 Å². The highest BCUT2D eigenvalue weighted by atomic mass is 32.1. The van der Waals surface area contributed by atoms with Crippen molar-refractivity contribution in [2.24, 2.45) is 0 Å². The number of aromatic nitrogens is 1. The van der Waals surface area contributed by atoms with E-state index >= 15 is 4.39 Å². The average Bonchev–Trinajstić information content (AvgIpc) is 3.46. The maximum absolute atomic E-state index is 15.1. The van der Waals surface area contributed by atoms with Gasteiger partial charge in [0.05, 0.1) is 29.9 Å². The molecular weight excluding hydrogens is 582 g/mol. The van der Waals surface area contributed by atoms with Gasteiger partial charge in [-0.3, -0.25) is 19.5 Å². The van der Waals surface area contributed by atoms with E-state index in [9.17, 15) is 14.0 Å². The Balaban J connectivity index is 1.12. The lowest BCUT2D eigenvalue weighted by molar-refractivity contribution is -0.126. The molecule has 44 heavy (non-hydrogen) atoms. The van der Waals surface area contributed by atoms with E-state index in [0.29, 0.717) is 11.3 Å². The molecule has 0 amide bonds. The van der Waals surface area contributed by atoms with Crippen LogP contribution < -0.4 is 4.74 Å². The van der Waals surface area contributed by atoms with Gasteiger partial charge in [-0.1, -0.05) is 42.5 Å². The van der Waals surface area contributed by atoms with Gasteiger partial charge in [0.15, 0.2) is 11.6 Å². The van der Waals surface area contributed by atoms with E-state index in [2.05, 4.69) is 34.1 Å². The maximum Gasteiger partial charge on any atom is 0.166 e. The largest absolute Gasteiger partial charge is 0.453 e. The summed E-state index contributed by atoms with van der Waals surface area (Å²) in [5.41, 5.74) is 3.73. The Hall–Kier alpha value is -4.31. The third kappa shape index (κ3) is 7.24. The predicted octanol–water partition coefficient (Wildman–Crippen LogP) is 7.18. The van der Waals surface area contributed by atoms with Crippen LogP contribution >= 0.6 is 11.3 Å². The standard InChI is InChI=1S/C35H30F2N2O4S/c36-29-7-2-1-5-25(29)19-28(41)20-27(40)17-23-8-9-32(30(37)18-23)43-33-10-11-38-31-21-34(44-35(31)33)26-6-3-4-24(16-26)22-39-12-14-42-15-13-39/h1-11,16,18,21H,12-15,17,19-20,22H2. The minimum Gasteiger partial charge on any atom is -0.453 e. The number of Topliss-reactive ketones (excluding diaryl/α,β-unsaturated/α-hetero) is 2. The molecule has 0 aliphatic carbocycles. The first-order chi connectivity index (χ1) is 21.4. The van der Waals surface area contributed by atoms with Crippen LogP contribution in [0.3, 0.4) is 0 Å². The predicted molar refractivity (Wildman–Crippen MR) is 166 cm³/mol. The molecule has 1 fully saturated rings. The van der Waals surface area contributed by atoms with Crippen molar-refractivity contribution in [2.75, 3.05) is 26.3 Å². The molecule has 1 aliphatic rings. The van der Waals surface area contributed by atoms with Crippen molar-refractivity contribution < 1.29 is 27.8 Å². The molecule has 0 bridgehead atoms. The average molecular weight is 613 g/mol. The van der Waals surface area contributed by atoms with Gasteiger partial charge in [-0.05, 0) is 52.6 Å².